The van der Waals surface area contributed by atoms with Crippen molar-refractivity contribution in [3.05, 3.63) is 42.0 Å². The maximum atomic E-state index is 13.8. The molecule has 1 fully saturated rings. The van der Waals surface area contributed by atoms with Gasteiger partial charge in [-0.1, -0.05) is 37.5 Å². The zero-order chi connectivity index (χ0) is 16.2. The zero-order valence-electron chi connectivity index (χ0n) is 13.2. The van der Waals surface area contributed by atoms with Crippen LogP contribution in [0.25, 0.3) is 0 Å². The predicted molar refractivity (Wildman–Crippen MR) is 85.6 cm³/mol. The third-order valence-corrected chi connectivity index (χ3v) is 4.46. The largest absolute Gasteiger partial charge is 0.293 e. The van der Waals surface area contributed by atoms with Crippen molar-refractivity contribution in [1.82, 2.24) is 14.8 Å². The third kappa shape index (κ3) is 3.57. The molecule has 1 aromatic heterocycles. The van der Waals surface area contributed by atoms with Gasteiger partial charge in [-0.2, -0.15) is 0 Å². The van der Waals surface area contributed by atoms with Crippen LogP contribution in [0.15, 0.2) is 30.6 Å². The van der Waals surface area contributed by atoms with E-state index < -0.39 is 5.92 Å². The van der Waals surface area contributed by atoms with Crippen molar-refractivity contribution in [1.29, 1.82) is 0 Å². The molecule has 122 valence electrons. The molecule has 0 radical (unpaired) electrons. The number of hydrogen-bond acceptors (Lipinski definition) is 3. The number of carbonyl (C=O) groups excluding carboxylic acids is 1. The van der Waals surface area contributed by atoms with Crippen LogP contribution < -0.4 is 5.32 Å². The Hall–Kier alpha value is -2.24. The summed E-state index contributed by atoms with van der Waals surface area (Å²) >= 11 is 0. The van der Waals surface area contributed by atoms with E-state index in [4.69, 9.17) is 0 Å². The molecule has 1 aromatic carbocycles. The van der Waals surface area contributed by atoms with Gasteiger partial charge in [0.15, 0.2) is 0 Å². The maximum Gasteiger partial charge on any atom is 0.248 e. The van der Waals surface area contributed by atoms with Crippen molar-refractivity contribution in [3.8, 4) is 0 Å². The number of nitrogens with zero attached hydrogens (tertiary/aromatic N) is 3. The first-order valence-corrected chi connectivity index (χ1v) is 8.11. The highest BCUT2D eigenvalue weighted by atomic mass is 19.1. The van der Waals surface area contributed by atoms with Gasteiger partial charge in [0.2, 0.25) is 11.9 Å². The predicted octanol–water partition coefficient (Wildman–Crippen LogP) is 3.66. The van der Waals surface area contributed by atoms with Crippen LogP contribution in [0.2, 0.25) is 0 Å². The fourth-order valence-corrected chi connectivity index (χ4v) is 3.04. The molecule has 5 nitrogen and oxygen atoms in total. The van der Waals surface area contributed by atoms with Gasteiger partial charge in [0.05, 0.1) is 12.0 Å². The molecule has 1 heterocycles. The van der Waals surface area contributed by atoms with E-state index in [1.54, 1.807) is 31.5 Å². The fourth-order valence-electron chi connectivity index (χ4n) is 3.04. The molecule has 1 aliphatic rings. The molecule has 0 spiro atoms. The second kappa shape index (κ2) is 6.89. The minimum atomic E-state index is -0.599. The number of rotatable bonds is 4. The van der Waals surface area contributed by atoms with Gasteiger partial charge in [-0.25, -0.2) is 14.1 Å². The molecule has 1 amide bonds. The number of nitrogens with one attached hydrogen (secondary N) is 1. The number of benzene rings is 1. The van der Waals surface area contributed by atoms with E-state index in [9.17, 15) is 9.18 Å². The standard InChI is InChI=1S/C17H21FN4O/c1-12(14-9-5-6-10-15(14)18)16(23)20-17-19-11-22(21-17)13-7-3-2-4-8-13/h5-6,9-13H,2-4,7-8H2,1H3,(H,20,21,23). The van der Waals surface area contributed by atoms with Gasteiger partial charge in [0.1, 0.15) is 12.1 Å². The number of anilines is 1. The molecule has 23 heavy (non-hydrogen) atoms. The molecule has 2 aromatic rings. The molecular formula is C17H21FN4O. The Bertz CT molecular complexity index is 679. The van der Waals surface area contributed by atoms with Crippen LogP contribution in [-0.2, 0) is 4.79 Å². The van der Waals surface area contributed by atoms with Crippen LogP contribution in [0.4, 0.5) is 10.3 Å². The minimum Gasteiger partial charge on any atom is -0.293 e. The highest BCUT2D eigenvalue weighted by Gasteiger charge is 2.21. The highest BCUT2D eigenvalue weighted by Crippen LogP contribution is 2.27. The molecular weight excluding hydrogens is 295 g/mol. The van der Waals surface area contributed by atoms with Gasteiger partial charge >= 0.3 is 0 Å². The molecule has 1 unspecified atom stereocenters. The summed E-state index contributed by atoms with van der Waals surface area (Å²) in [5, 5.41) is 7.03. The van der Waals surface area contributed by atoms with Crippen molar-refractivity contribution in [2.75, 3.05) is 5.32 Å². The second-order valence-electron chi connectivity index (χ2n) is 6.07. The zero-order valence-corrected chi connectivity index (χ0v) is 13.2. The van der Waals surface area contributed by atoms with E-state index in [2.05, 4.69) is 15.4 Å². The maximum absolute atomic E-state index is 13.8. The molecule has 1 saturated carbocycles. The van der Waals surface area contributed by atoms with Crippen LogP contribution in [0.1, 0.15) is 56.6 Å². The molecule has 1 N–H and O–H groups in total. The summed E-state index contributed by atoms with van der Waals surface area (Å²) in [5.41, 5.74) is 0.372. The van der Waals surface area contributed by atoms with Gasteiger partial charge in [-0.3, -0.25) is 10.1 Å². The molecule has 6 heteroatoms. The van der Waals surface area contributed by atoms with Crippen molar-refractivity contribution >= 4 is 11.9 Å². The van der Waals surface area contributed by atoms with Crippen molar-refractivity contribution in [2.24, 2.45) is 0 Å². The van der Waals surface area contributed by atoms with Gasteiger partial charge in [-0.15, -0.1) is 5.10 Å². The number of halogens is 1. The average Bonchev–Trinajstić information content (AvgIpc) is 3.04. The van der Waals surface area contributed by atoms with E-state index in [-0.39, 0.29) is 17.7 Å². The minimum absolute atomic E-state index is 0.281. The molecule has 3 rings (SSSR count). The number of carbonyl (C=O) groups is 1. The van der Waals surface area contributed by atoms with Crippen molar-refractivity contribution < 1.29 is 9.18 Å². The highest BCUT2D eigenvalue weighted by molar-refractivity contribution is 5.94. The molecule has 0 saturated heterocycles. The van der Waals surface area contributed by atoms with Gasteiger partial charge in [-0.05, 0) is 31.4 Å². The van der Waals surface area contributed by atoms with Crippen molar-refractivity contribution in [2.45, 2.75) is 51.0 Å². The summed E-state index contributed by atoms with van der Waals surface area (Å²) in [5.74, 6) is -1.01. The van der Waals surface area contributed by atoms with Crippen LogP contribution in [0.5, 0.6) is 0 Å². The molecule has 0 bridgehead atoms. The summed E-state index contributed by atoms with van der Waals surface area (Å²) in [7, 11) is 0. The van der Waals surface area contributed by atoms with Crippen LogP contribution >= 0.6 is 0 Å². The van der Waals surface area contributed by atoms with Crippen molar-refractivity contribution in [3.63, 3.8) is 0 Å². The summed E-state index contributed by atoms with van der Waals surface area (Å²) < 4.78 is 15.6. The van der Waals surface area contributed by atoms with Gasteiger partial charge < -0.3 is 0 Å². The Morgan fingerprint density at radius 3 is 2.78 bits per heavy atom. The Balaban J connectivity index is 1.66. The first-order chi connectivity index (χ1) is 11.1. The number of amides is 1. The summed E-state index contributed by atoms with van der Waals surface area (Å²) in [6, 6.07) is 6.67. The molecule has 0 aliphatic heterocycles. The average molecular weight is 316 g/mol. The molecule has 1 atom stereocenters. The van der Waals surface area contributed by atoms with E-state index in [0.717, 1.165) is 12.8 Å². The lowest BCUT2D eigenvalue weighted by Gasteiger charge is -2.21. The van der Waals surface area contributed by atoms with E-state index >= 15 is 0 Å². The summed E-state index contributed by atoms with van der Waals surface area (Å²) in [6.45, 7) is 1.67. The topological polar surface area (TPSA) is 59.8 Å². The summed E-state index contributed by atoms with van der Waals surface area (Å²) in [6.07, 6.45) is 7.55. The lowest BCUT2D eigenvalue weighted by atomic mass is 9.96. The van der Waals surface area contributed by atoms with E-state index in [1.165, 1.54) is 25.3 Å². The van der Waals surface area contributed by atoms with Crippen LogP contribution in [0, 0.1) is 5.82 Å². The fraction of sp³-hybridized carbons (Fsp3) is 0.471. The number of hydrogen-bond donors (Lipinski definition) is 1. The Labute approximate surface area is 134 Å². The SMILES string of the molecule is CC(C(=O)Nc1ncn(C2CCCCC2)n1)c1ccccc1F. The Morgan fingerprint density at radius 2 is 2.04 bits per heavy atom. The Morgan fingerprint density at radius 1 is 1.30 bits per heavy atom. The normalized spacial score (nSPS) is 17.0. The van der Waals surface area contributed by atoms with E-state index in [0.29, 0.717) is 11.6 Å². The van der Waals surface area contributed by atoms with Gasteiger partial charge in [0.25, 0.3) is 0 Å². The summed E-state index contributed by atoms with van der Waals surface area (Å²) in [4.78, 5) is 16.4. The lowest BCUT2D eigenvalue weighted by Crippen LogP contribution is -2.21. The monoisotopic (exact) mass is 316 g/mol. The van der Waals surface area contributed by atoms with E-state index in [1.807, 2.05) is 4.68 Å². The smallest absolute Gasteiger partial charge is 0.248 e. The Kier molecular flexibility index (Phi) is 4.69. The van der Waals surface area contributed by atoms with Crippen LogP contribution in [-0.4, -0.2) is 20.7 Å². The third-order valence-electron chi connectivity index (χ3n) is 4.46. The first-order valence-electron chi connectivity index (χ1n) is 8.11. The quantitative estimate of drug-likeness (QED) is 0.936. The number of aromatic nitrogens is 3. The molecule has 1 aliphatic carbocycles. The van der Waals surface area contributed by atoms with Gasteiger partial charge in [0, 0.05) is 0 Å². The van der Waals surface area contributed by atoms with Crippen LogP contribution in [0.3, 0.4) is 0 Å². The lowest BCUT2D eigenvalue weighted by molar-refractivity contribution is -0.117. The first kappa shape index (κ1) is 15.6. The second-order valence-corrected chi connectivity index (χ2v) is 6.07.